The number of rotatable bonds is 7. The maximum atomic E-state index is 11.0. The number of aromatic nitrogens is 2. The van der Waals surface area contributed by atoms with Crippen LogP contribution in [0.2, 0.25) is 0 Å². The molecule has 8 heteroatoms. The highest BCUT2D eigenvalue weighted by molar-refractivity contribution is 5.88. The van der Waals surface area contributed by atoms with Crippen LogP contribution in [0.15, 0.2) is 34.9 Å². The molecule has 0 spiro atoms. The van der Waals surface area contributed by atoms with E-state index >= 15 is 0 Å². The van der Waals surface area contributed by atoms with Crippen molar-refractivity contribution in [1.82, 2.24) is 19.9 Å². The van der Waals surface area contributed by atoms with Gasteiger partial charge in [-0.15, -0.1) is 0 Å². The first-order valence-electron chi connectivity index (χ1n) is 8.39. The number of amides is 1. The van der Waals surface area contributed by atoms with Crippen LogP contribution >= 0.6 is 0 Å². The summed E-state index contributed by atoms with van der Waals surface area (Å²) >= 11 is 0. The summed E-state index contributed by atoms with van der Waals surface area (Å²) in [5.41, 5.74) is 6.41. The van der Waals surface area contributed by atoms with Gasteiger partial charge in [-0.3, -0.25) is 14.6 Å². The molecule has 3 N–H and O–H groups in total. The highest BCUT2D eigenvalue weighted by atomic mass is 16.5. The lowest BCUT2D eigenvalue weighted by molar-refractivity contribution is 0.0450. The lowest BCUT2D eigenvalue weighted by atomic mass is 10.1. The van der Waals surface area contributed by atoms with Gasteiger partial charge in [-0.2, -0.15) is 4.98 Å². The van der Waals surface area contributed by atoms with E-state index in [0.717, 1.165) is 26.2 Å². The zero-order chi connectivity index (χ0) is 17.6. The first-order chi connectivity index (χ1) is 12.2. The summed E-state index contributed by atoms with van der Waals surface area (Å²) in [4.78, 5) is 19.6. The smallest absolute Gasteiger partial charge is 0.290 e. The van der Waals surface area contributed by atoms with Crippen LogP contribution in [0, 0.1) is 0 Å². The molecule has 8 nitrogen and oxygen atoms in total. The second-order valence-electron chi connectivity index (χ2n) is 6.23. The lowest BCUT2D eigenvalue weighted by Gasteiger charge is -2.41. The molecule has 1 aromatic heterocycles. The molecule has 1 amide bonds. The van der Waals surface area contributed by atoms with Gasteiger partial charge in [0.05, 0.1) is 6.54 Å². The molecule has 1 aliphatic heterocycles. The van der Waals surface area contributed by atoms with Gasteiger partial charge >= 0.3 is 0 Å². The first-order valence-corrected chi connectivity index (χ1v) is 8.39. The summed E-state index contributed by atoms with van der Waals surface area (Å²) in [6.45, 7) is 4.02. The average Bonchev–Trinajstić information content (AvgIpc) is 3.07. The zero-order valence-corrected chi connectivity index (χ0v) is 14.0. The van der Waals surface area contributed by atoms with E-state index < -0.39 is 5.91 Å². The number of aliphatic hydroxyl groups is 1. The number of aliphatic hydroxyl groups excluding tert-OH is 1. The van der Waals surface area contributed by atoms with Gasteiger partial charge in [0.15, 0.2) is 0 Å². The van der Waals surface area contributed by atoms with Crippen molar-refractivity contribution in [2.75, 3.05) is 26.2 Å². The number of nitrogens with zero attached hydrogens (tertiary/aromatic N) is 4. The maximum absolute atomic E-state index is 11.0. The summed E-state index contributed by atoms with van der Waals surface area (Å²) < 4.78 is 5.08. The van der Waals surface area contributed by atoms with E-state index in [0.29, 0.717) is 18.9 Å². The molecule has 1 aliphatic rings. The van der Waals surface area contributed by atoms with Gasteiger partial charge in [0.2, 0.25) is 5.89 Å². The molecule has 1 unspecified atom stereocenters. The predicted molar refractivity (Wildman–Crippen MR) is 90.4 cm³/mol. The van der Waals surface area contributed by atoms with Crippen LogP contribution in [-0.4, -0.2) is 63.2 Å². The molecule has 25 heavy (non-hydrogen) atoms. The molecule has 0 saturated carbocycles. The second kappa shape index (κ2) is 8.19. The SMILES string of the molecule is NC(=O)c1noc(CN2CCN(Cc3ccccc3)C(CCO)C2)n1. The topological polar surface area (TPSA) is 109 Å². The molecule has 0 bridgehead atoms. The molecular formula is C17H23N5O3. The first kappa shape index (κ1) is 17.5. The minimum absolute atomic E-state index is 0.0929. The van der Waals surface area contributed by atoms with Crippen LogP contribution in [0.4, 0.5) is 0 Å². The van der Waals surface area contributed by atoms with Gasteiger partial charge in [-0.25, -0.2) is 0 Å². The van der Waals surface area contributed by atoms with E-state index in [4.69, 9.17) is 10.3 Å². The molecule has 1 fully saturated rings. The Morgan fingerprint density at radius 2 is 2.08 bits per heavy atom. The van der Waals surface area contributed by atoms with E-state index in [9.17, 15) is 9.90 Å². The van der Waals surface area contributed by atoms with Crippen molar-refractivity contribution in [1.29, 1.82) is 0 Å². The number of piperazine rings is 1. The second-order valence-corrected chi connectivity index (χ2v) is 6.23. The highest BCUT2D eigenvalue weighted by Gasteiger charge is 2.27. The molecular weight excluding hydrogens is 322 g/mol. The van der Waals surface area contributed by atoms with Crippen LogP contribution in [0.5, 0.6) is 0 Å². The summed E-state index contributed by atoms with van der Waals surface area (Å²) in [5, 5.41) is 13.0. The fourth-order valence-corrected chi connectivity index (χ4v) is 3.16. The standard InChI is InChI=1S/C17H23N5O3/c18-16(24)17-19-15(25-20-17)12-21-7-8-22(14(11-21)6-9-23)10-13-4-2-1-3-5-13/h1-5,14,23H,6-12H2,(H2,18,24). The predicted octanol–water partition coefficient (Wildman–Crippen LogP) is 0.237. The van der Waals surface area contributed by atoms with Crippen LogP contribution in [-0.2, 0) is 13.1 Å². The van der Waals surface area contributed by atoms with Gasteiger partial charge in [0, 0.05) is 38.8 Å². The van der Waals surface area contributed by atoms with Crippen molar-refractivity contribution in [2.24, 2.45) is 5.73 Å². The van der Waals surface area contributed by atoms with E-state index in [1.807, 2.05) is 18.2 Å². The average molecular weight is 345 g/mol. The van der Waals surface area contributed by atoms with E-state index in [2.05, 4.69) is 32.1 Å². The van der Waals surface area contributed by atoms with Crippen molar-refractivity contribution in [3.63, 3.8) is 0 Å². The van der Waals surface area contributed by atoms with Crippen LogP contribution in [0.1, 0.15) is 28.5 Å². The van der Waals surface area contributed by atoms with Crippen molar-refractivity contribution < 1.29 is 14.4 Å². The van der Waals surface area contributed by atoms with Gasteiger partial charge in [-0.05, 0) is 12.0 Å². The number of hydrogen-bond donors (Lipinski definition) is 2. The zero-order valence-electron chi connectivity index (χ0n) is 14.0. The van der Waals surface area contributed by atoms with Crippen LogP contribution < -0.4 is 5.73 Å². The number of benzene rings is 1. The maximum Gasteiger partial charge on any atom is 0.290 e. The molecule has 3 rings (SSSR count). The van der Waals surface area contributed by atoms with Gasteiger partial charge < -0.3 is 15.4 Å². The highest BCUT2D eigenvalue weighted by Crippen LogP contribution is 2.18. The third-order valence-corrected chi connectivity index (χ3v) is 4.43. The lowest BCUT2D eigenvalue weighted by Crippen LogP contribution is -2.52. The summed E-state index contributed by atoms with van der Waals surface area (Å²) in [7, 11) is 0. The third kappa shape index (κ3) is 4.62. The summed E-state index contributed by atoms with van der Waals surface area (Å²) in [6, 6.07) is 10.6. The normalized spacial score (nSPS) is 19.2. The van der Waals surface area contributed by atoms with Crippen molar-refractivity contribution >= 4 is 5.91 Å². The molecule has 1 atom stereocenters. The van der Waals surface area contributed by atoms with Crippen molar-refractivity contribution in [3.8, 4) is 0 Å². The molecule has 1 aromatic carbocycles. The van der Waals surface area contributed by atoms with E-state index in [1.54, 1.807) is 0 Å². The molecule has 0 radical (unpaired) electrons. The molecule has 134 valence electrons. The summed E-state index contributed by atoms with van der Waals surface area (Å²) in [5.74, 6) is -0.404. The summed E-state index contributed by atoms with van der Waals surface area (Å²) in [6.07, 6.45) is 0.708. The minimum atomic E-state index is -0.694. The number of carbonyl (C=O) groups excluding carboxylic acids is 1. The van der Waals surface area contributed by atoms with E-state index in [-0.39, 0.29) is 18.5 Å². The Bertz CT molecular complexity index is 691. The van der Waals surface area contributed by atoms with Crippen molar-refractivity contribution in [3.05, 3.63) is 47.6 Å². The number of primary amides is 1. The van der Waals surface area contributed by atoms with E-state index in [1.165, 1.54) is 5.56 Å². The number of nitrogens with two attached hydrogens (primary N) is 1. The minimum Gasteiger partial charge on any atom is -0.396 e. The van der Waals surface area contributed by atoms with Gasteiger partial charge in [0.1, 0.15) is 0 Å². The Hall–Kier alpha value is -2.29. The number of carbonyl (C=O) groups is 1. The largest absolute Gasteiger partial charge is 0.396 e. The van der Waals surface area contributed by atoms with Crippen molar-refractivity contribution in [2.45, 2.75) is 25.6 Å². The monoisotopic (exact) mass is 345 g/mol. The fourth-order valence-electron chi connectivity index (χ4n) is 3.16. The fraction of sp³-hybridized carbons (Fsp3) is 0.471. The van der Waals surface area contributed by atoms with Gasteiger partial charge in [0.25, 0.3) is 11.7 Å². The third-order valence-electron chi connectivity index (χ3n) is 4.43. The quantitative estimate of drug-likeness (QED) is 0.740. The Morgan fingerprint density at radius 3 is 2.76 bits per heavy atom. The molecule has 2 heterocycles. The Kier molecular flexibility index (Phi) is 5.75. The Balaban J connectivity index is 1.61. The van der Waals surface area contributed by atoms with Crippen LogP contribution in [0.3, 0.4) is 0 Å². The van der Waals surface area contributed by atoms with Crippen LogP contribution in [0.25, 0.3) is 0 Å². The molecule has 1 saturated heterocycles. The molecule has 0 aliphatic carbocycles. The Morgan fingerprint density at radius 1 is 1.28 bits per heavy atom. The van der Waals surface area contributed by atoms with Gasteiger partial charge in [-0.1, -0.05) is 35.5 Å². The Labute approximate surface area is 146 Å². The number of hydrogen-bond acceptors (Lipinski definition) is 7. The molecule has 2 aromatic rings.